The number of unbranched alkanes of at least 4 members (excludes halogenated alkanes) is 19. The molecule has 1 heterocycles. The summed E-state index contributed by atoms with van der Waals surface area (Å²) in [4.78, 5) is 13.0. The van der Waals surface area contributed by atoms with Gasteiger partial charge in [-0.2, -0.15) is 8.42 Å². The van der Waals surface area contributed by atoms with Crippen molar-refractivity contribution in [2.24, 2.45) is 0 Å². The van der Waals surface area contributed by atoms with E-state index in [1.54, 1.807) is 6.08 Å². The average molecular weight is 834 g/mol. The number of nitrogens with one attached hydrogen (secondary N) is 1. The summed E-state index contributed by atoms with van der Waals surface area (Å²) in [6, 6.07) is -1.12. The number of amides is 1. The second kappa shape index (κ2) is 34.0. The number of hydrogen-bond acceptors (Lipinski definition) is 11. The van der Waals surface area contributed by atoms with Crippen LogP contribution in [0.5, 0.6) is 0 Å². The van der Waals surface area contributed by atoms with E-state index in [1.165, 1.54) is 83.1 Å². The molecular formula is C43H79NO12S. The number of aliphatic hydroxyl groups is 5. The number of aliphatic hydroxyl groups excluding tert-OH is 5. The second-order valence-electron chi connectivity index (χ2n) is 15.4. The predicted octanol–water partition coefficient (Wildman–Crippen LogP) is 6.91. The lowest BCUT2D eigenvalue weighted by molar-refractivity contribution is -0.298. The molecule has 1 fully saturated rings. The molecule has 1 aliphatic rings. The lowest BCUT2D eigenvalue weighted by atomic mass is 9.99. The Balaban J connectivity index is 2.48. The van der Waals surface area contributed by atoms with Gasteiger partial charge in [0.15, 0.2) is 6.29 Å². The summed E-state index contributed by atoms with van der Waals surface area (Å²) in [5.74, 6) is -0.708. The standard InChI is InChI=1S/C43H79NO12S/c1-3-5-7-9-11-13-14-15-16-17-18-19-20-21-22-23-24-26-28-30-32-37(47)42(50)44-35(36(46)31-29-27-25-12-10-8-6-4-2)34-54-43-40(49)41(56-57(51,52)53)39(48)38(33-45)55-43/h5,7,11,13,29,31,35-41,43,45-49H,3-4,6,8-10,12,14-28,30,32-34H2,1-2H3,(H,44,50)(H,51,52,53)/b7-5-,13-11-,31-29+. The zero-order chi connectivity index (χ0) is 42.2. The molecule has 1 amide bonds. The highest BCUT2D eigenvalue weighted by atomic mass is 32.3. The van der Waals surface area contributed by atoms with E-state index in [0.29, 0.717) is 12.8 Å². The molecule has 8 unspecified atom stereocenters. The fraction of sp³-hybridized carbons (Fsp3) is 0.837. The summed E-state index contributed by atoms with van der Waals surface area (Å²) in [6.45, 7) is 3.04. The lowest BCUT2D eigenvalue weighted by Crippen LogP contribution is -2.61. The van der Waals surface area contributed by atoms with Crippen LogP contribution in [-0.4, -0.2) is 107 Å². The molecule has 1 rings (SSSR count). The molecule has 0 saturated carbocycles. The Morgan fingerprint density at radius 3 is 1.81 bits per heavy atom. The molecule has 1 saturated heterocycles. The van der Waals surface area contributed by atoms with Crippen LogP contribution in [0.25, 0.3) is 0 Å². The maximum absolute atomic E-state index is 13.0. The minimum absolute atomic E-state index is 0.241. The first-order valence-electron chi connectivity index (χ1n) is 22.0. The number of ether oxygens (including phenoxy) is 2. The van der Waals surface area contributed by atoms with Gasteiger partial charge in [0.05, 0.1) is 25.4 Å². The monoisotopic (exact) mass is 834 g/mol. The van der Waals surface area contributed by atoms with E-state index in [-0.39, 0.29) is 6.42 Å². The predicted molar refractivity (Wildman–Crippen MR) is 224 cm³/mol. The highest BCUT2D eigenvalue weighted by Crippen LogP contribution is 2.26. The molecule has 1 aliphatic heterocycles. The normalized spacial score (nSPS) is 22.1. The van der Waals surface area contributed by atoms with Gasteiger partial charge in [-0.25, -0.2) is 4.18 Å². The maximum Gasteiger partial charge on any atom is 0.397 e. The van der Waals surface area contributed by atoms with Crippen molar-refractivity contribution in [1.29, 1.82) is 0 Å². The van der Waals surface area contributed by atoms with Crippen molar-refractivity contribution in [2.45, 2.75) is 217 Å². The fourth-order valence-electron chi connectivity index (χ4n) is 6.79. The van der Waals surface area contributed by atoms with E-state index in [9.17, 15) is 38.7 Å². The van der Waals surface area contributed by atoms with Crippen molar-refractivity contribution in [3.05, 3.63) is 36.5 Å². The van der Waals surface area contributed by atoms with Gasteiger partial charge in [-0.3, -0.25) is 9.35 Å². The average Bonchev–Trinajstić information content (AvgIpc) is 3.18. The molecule has 13 nitrogen and oxygen atoms in total. The largest absolute Gasteiger partial charge is 0.397 e. The van der Waals surface area contributed by atoms with Gasteiger partial charge in [0.1, 0.15) is 30.5 Å². The number of rotatable bonds is 36. The van der Waals surface area contributed by atoms with Crippen LogP contribution in [0.4, 0.5) is 0 Å². The van der Waals surface area contributed by atoms with Crippen molar-refractivity contribution in [3.63, 3.8) is 0 Å². The van der Waals surface area contributed by atoms with E-state index in [0.717, 1.165) is 57.8 Å². The molecule has 334 valence electrons. The molecule has 0 radical (unpaired) electrons. The third-order valence-electron chi connectivity index (χ3n) is 10.3. The molecule has 8 atom stereocenters. The van der Waals surface area contributed by atoms with Crippen LogP contribution in [0.3, 0.4) is 0 Å². The first kappa shape index (κ1) is 53.3. The Kier molecular flexibility index (Phi) is 31.8. The van der Waals surface area contributed by atoms with E-state index in [2.05, 4.69) is 47.7 Å². The van der Waals surface area contributed by atoms with Gasteiger partial charge in [-0.1, -0.05) is 159 Å². The third kappa shape index (κ3) is 26.9. The van der Waals surface area contributed by atoms with Crippen molar-refractivity contribution in [2.75, 3.05) is 13.2 Å². The van der Waals surface area contributed by atoms with Gasteiger partial charge in [0.25, 0.3) is 0 Å². The molecule has 0 bridgehead atoms. The SMILES string of the molecule is CC/C=C\C/C=C\CCCCCCCCCCCCCCCC(O)C(=O)NC(COC1OC(CO)C(O)C(OS(=O)(=O)O)C1O)C(O)/C=C/CCCCCCCC. The van der Waals surface area contributed by atoms with Gasteiger partial charge in [-0.15, -0.1) is 0 Å². The van der Waals surface area contributed by atoms with Gasteiger partial charge in [-0.05, 0) is 44.9 Å². The highest BCUT2D eigenvalue weighted by Gasteiger charge is 2.48. The maximum atomic E-state index is 13.0. The van der Waals surface area contributed by atoms with Gasteiger partial charge < -0.3 is 40.3 Å². The molecule has 0 spiro atoms. The summed E-state index contributed by atoms with van der Waals surface area (Å²) >= 11 is 0. The number of hydrogen-bond donors (Lipinski definition) is 7. The molecule has 0 aromatic rings. The van der Waals surface area contributed by atoms with E-state index >= 15 is 0 Å². The van der Waals surface area contributed by atoms with Crippen molar-refractivity contribution in [1.82, 2.24) is 5.32 Å². The zero-order valence-corrected chi connectivity index (χ0v) is 35.8. The van der Waals surface area contributed by atoms with Crippen LogP contribution in [0.1, 0.15) is 168 Å². The van der Waals surface area contributed by atoms with E-state index in [1.807, 2.05) is 0 Å². The van der Waals surface area contributed by atoms with Gasteiger partial charge in [0.2, 0.25) is 5.91 Å². The van der Waals surface area contributed by atoms with Crippen LogP contribution in [0.2, 0.25) is 0 Å². The molecular weight excluding hydrogens is 755 g/mol. The smallest absolute Gasteiger partial charge is 0.394 e. The first-order valence-corrected chi connectivity index (χ1v) is 23.3. The molecule has 0 aromatic heterocycles. The van der Waals surface area contributed by atoms with Gasteiger partial charge in [0, 0.05) is 0 Å². The minimum Gasteiger partial charge on any atom is -0.394 e. The van der Waals surface area contributed by atoms with E-state index in [4.69, 9.17) is 14.0 Å². The molecule has 14 heteroatoms. The van der Waals surface area contributed by atoms with Gasteiger partial charge >= 0.3 is 10.4 Å². The fourth-order valence-corrected chi connectivity index (χ4v) is 7.30. The summed E-state index contributed by atoms with van der Waals surface area (Å²) in [5.41, 5.74) is 0. The van der Waals surface area contributed by atoms with Crippen molar-refractivity contribution >= 4 is 16.3 Å². The Morgan fingerprint density at radius 2 is 1.26 bits per heavy atom. The summed E-state index contributed by atoms with van der Waals surface area (Å²) in [6.07, 6.45) is 26.9. The molecule has 0 aliphatic carbocycles. The van der Waals surface area contributed by atoms with Crippen LogP contribution >= 0.6 is 0 Å². The van der Waals surface area contributed by atoms with Crippen LogP contribution in [0.15, 0.2) is 36.5 Å². The summed E-state index contributed by atoms with van der Waals surface area (Å²) < 4.78 is 47.3. The summed E-state index contributed by atoms with van der Waals surface area (Å²) in [5, 5.41) is 54.9. The minimum atomic E-state index is -5.11. The lowest BCUT2D eigenvalue weighted by Gasteiger charge is -2.41. The first-order chi connectivity index (χ1) is 27.4. The number of carbonyl (C=O) groups is 1. The second-order valence-corrected chi connectivity index (χ2v) is 16.4. The topological polar surface area (TPSA) is 212 Å². The quantitative estimate of drug-likeness (QED) is 0.0195. The Labute approximate surface area is 344 Å². The van der Waals surface area contributed by atoms with Crippen LogP contribution in [-0.2, 0) is 28.9 Å². The van der Waals surface area contributed by atoms with Crippen molar-refractivity contribution < 1.29 is 57.0 Å². The molecule has 7 N–H and O–H groups in total. The highest BCUT2D eigenvalue weighted by molar-refractivity contribution is 7.80. The summed E-state index contributed by atoms with van der Waals surface area (Å²) in [7, 11) is -5.11. The van der Waals surface area contributed by atoms with Crippen LogP contribution < -0.4 is 5.32 Å². The molecule has 57 heavy (non-hydrogen) atoms. The Hall–Kier alpha value is -1.72. The number of carbonyl (C=O) groups excluding carboxylic acids is 1. The zero-order valence-electron chi connectivity index (χ0n) is 35.0. The number of allylic oxidation sites excluding steroid dienone is 5. The Morgan fingerprint density at radius 1 is 0.737 bits per heavy atom. The van der Waals surface area contributed by atoms with Crippen molar-refractivity contribution in [3.8, 4) is 0 Å². The third-order valence-corrected chi connectivity index (χ3v) is 10.7. The Bertz CT molecular complexity index is 1180. The molecule has 0 aromatic carbocycles. The van der Waals surface area contributed by atoms with E-state index < -0.39 is 78.5 Å². The van der Waals surface area contributed by atoms with Crippen LogP contribution in [0, 0.1) is 0 Å².